The number of aromatic amines is 1. The number of carbonyl (C=O) groups excluding carboxylic acids is 1. The van der Waals surface area contributed by atoms with Crippen LogP contribution in [-0.2, 0) is 4.74 Å². The Balaban J connectivity index is 1.39. The van der Waals surface area contributed by atoms with E-state index in [1.807, 2.05) is 24.3 Å². The Hall–Kier alpha value is -1.89. The fourth-order valence-electron chi connectivity index (χ4n) is 4.82. The minimum Gasteiger partial charge on any atom is -0.457 e. The van der Waals surface area contributed by atoms with Crippen molar-refractivity contribution in [3.05, 3.63) is 36.0 Å². The smallest absolute Gasteiger partial charge is 0.340 e. The number of para-hydroxylation sites is 1. The summed E-state index contributed by atoms with van der Waals surface area (Å²) in [4.78, 5) is 15.8. The predicted molar refractivity (Wildman–Crippen MR) is 87.5 cm³/mol. The number of ether oxygens (including phenoxy) is 1. The van der Waals surface area contributed by atoms with Crippen LogP contribution in [0, 0.1) is 11.8 Å². The van der Waals surface area contributed by atoms with Crippen LogP contribution in [0.2, 0.25) is 0 Å². The van der Waals surface area contributed by atoms with E-state index >= 15 is 0 Å². The second kappa shape index (κ2) is 5.31. The molecule has 2 aromatic rings. The summed E-state index contributed by atoms with van der Waals surface area (Å²) in [6, 6.07) is 7.91. The van der Waals surface area contributed by atoms with Crippen LogP contribution in [0.5, 0.6) is 0 Å². The van der Waals surface area contributed by atoms with E-state index in [0.717, 1.165) is 30.2 Å². The summed E-state index contributed by atoms with van der Waals surface area (Å²) in [6.45, 7) is 0.667. The fourth-order valence-corrected chi connectivity index (χ4v) is 4.82. The van der Waals surface area contributed by atoms with Gasteiger partial charge in [-0.1, -0.05) is 18.2 Å². The largest absolute Gasteiger partial charge is 0.457 e. The molecule has 4 aliphatic heterocycles. The van der Waals surface area contributed by atoms with Crippen LogP contribution in [0.15, 0.2) is 30.5 Å². The number of rotatable bonds is 2. The monoisotopic (exact) mass is 327 g/mol. The van der Waals surface area contributed by atoms with Gasteiger partial charge in [-0.25, -0.2) is 4.79 Å². The maximum atomic E-state index is 12.7. The Bertz CT molecular complexity index is 787. The van der Waals surface area contributed by atoms with Crippen molar-refractivity contribution in [3.63, 3.8) is 0 Å². The van der Waals surface area contributed by atoms with E-state index in [0.29, 0.717) is 23.9 Å². The molecule has 0 amide bonds. The third kappa shape index (κ3) is 2.17. The van der Waals surface area contributed by atoms with Crippen molar-refractivity contribution in [1.29, 1.82) is 0 Å². The van der Waals surface area contributed by atoms with Crippen molar-refractivity contribution < 1.29 is 14.7 Å². The number of nitrogens with one attached hydrogen (secondary N) is 2. The molecule has 3 N–H and O–H groups in total. The number of fused-ring (bicyclic) bond motifs is 3. The number of benzene rings is 1. The number of esters is 1. The van der Waals surface area contributed by atoms with Gasteiger partial charge in [-0.05, 0) is 37.2 Å². The lowest BCUT2D eigenvalue weighted by molar-refractivity contribution is -0.169. The van der Waals surface area contributed by atoms with Gasteiger partial charge < -0.3 is 14.9 Å². The summed E-state index contributed by atoms with van der Waals surface area (Å²) in [7, 11) is 0. The first-order valence-corrected chi connectivity index (χ1v) is 8.67. The molecule has 4 bridgehead atoms. The molecule has 126 valence electrons. The van der Waals surface area contributed by atoms with Gasteiger partial charge in [0.25, 0.3) is 0 Å². The first-order valence-electron chi connectivity index (χ1n) is 8.67. The topological polar surface area (TPSA) is 77.6 Å². The molecular weight excluding hydrogens is 306 g/mol. The van der Waals surface area contributed by atoms with Gasteiger partial charge in [-0.3, -0.25) is 5.32 Å². The average Bonchev–Trinajstić information content (AvgIpc) is 2.76. The van der Waals surface area contributed by atoms with Crippen LogP contribution in [0.1, 0.15) is 29.6 Å². The molecule has 1 saturated carbocycles. The lowest BCUT2D eigenvalue weighted by atomic mass is 9.77. The van der Waals surface area contributed by atoms with Gasteiger partial charge >= 0.3 is 5.97 Å². The second-order valence-electron chi connectivity index (χ2n) is 7.36. The molecule has 1 aromatic carbocycles. The van der Waals surface area contributed by atoms with Crippen LogP contribution in [0.25, 0.3) is 10.9 Å². The summed E-state index contributed by atoms with van der Waals surface area (Å²) in [5.41, 5.74) is 1.54. The normalized spacial score (nSPS) is 35.3. The molecule has 6 heteroatoms. The van der Waals surface area contributed by atoms with E-state index in [-0.39, 0.29) is 24.3 Å². The molecule has 5 fully saturated rings. The van der Waals surface area contributed by atoms with Crippen LogP contribution in [0.4, 0.5) is 0 Å². The van der Waals surface area contributed by atoms with Gasteiger partial charge in [-0.15, -0.1) is 0 Å². The van der Waals surface area contributed by atoms with Crippen LogP contribution in [-0.4, -0.2) is 46.1 Å². The minimum atomic E-state index is -0.261. The maximum absolute atomic E-state index is 12.7. The number of nitrogens with zero attached hydrogens (tertiary/aromatic N) is 1. The summed E-state index contributed by atoms with van der Waals surface area (Å²) in [6.07, 6.45) is 4.52. The standard InChI is InChI=1S/C18H21N3O3/c22-18(13-8-19-14-4-2-1-3-12(13)14)24-15-6-10-5-11-9-21(23)16(7-10)20-17(11)15/h1-4,8,10-11,15-17,19-20,23H,5-7,9H2/t10-,11?,15-,16-,17?/m0/s1. The Morgan fingerprint density at radius 2 is 2.12 bits per heavy atom. The van der Waals surface area contributed by atoms with E-state index in [4.69, 9.17) is 4.74 Å². The van der Waals surface area contributed by atoms with E-state index < -0.39 is 0 Å². The van der Waals surface area contributed by atoms with Crippen LogP contribution in [0.3, 0.4) is 0 Å². The van der Waals surface area contributed by atoms with Gasteiger partial charge in [-0.2, -0.15) is 5.06 Å². The Morgan fingerprint density at radius 3 is 3.04 bits per heavy atom. The number of aromatic nitrogens is 1. The highest BCUT2D eigenvalue weighted by atomic mass is 16.5. The van der Waals surface area contributed by atoms with Crippen LogP contribution >= 0.6 is 0 Å². The highest BCUT2D eigenvalue weighted by molar-refractivity contribution is 6.04. The van der Waals surface area contributed by atoms with E-state index in [1.54, 1.807) is 6.20 Å². The zero-order valence-corrected chi connectivity index (χ0v) is 13.3. The van der Waals surface area contributed by atoms with E-state index in [2.05, 4.69) is 10.3 Å². The molecule has 5 aliphatic rings. The predicted octanol–water partition coefficient (Wildman–Crippen LogP) is 2.11. The van der Waals surface area contributed by atoms with Gasteiger partial charge in [0, 0.05) is 29.7 Å². The summed E-state index contributed by atoms with van der Waals surface area (Å²) < 4.78 is 5.92. The highest BCUT2D eigenvalue weighted by Gasteiger charge is 2.49. The Labute approximate surface area is 139 Å². The lowest BCUT2D eigenvalue weighted by Crippen LogP contribution is -2.61. The SMILES string of the molecule is O=C(O[C@H]1C[C@@H]2CC3CN(O)[C@@H](C2)NC31)c1c[nH]c2ccccc12. The van der Waals surface area contributed by atoms with Crippen molar-refractivity contribution in [2.75, 3.05) is 6.54 Å². The number of hydroxylamine groups is 2. The zero-order chi connectivity index (χ0) is 16.3. The number of hydrogen-bond acceptors (Lipinski definition) is 5. The molecule has 0 radical (unpaired) electrons. The molecule has 24 heavy (non-hydrogen) atoms. The molecule has 2 unspecified atom stereocenters. The van der Waals surface area contributed by atoms with E-state index in [9.17, 15) is 10.0 Å². The fraction of sp³-hybridized carbons (Fsp3) is 0.500. The molecule has 4 saturated heterocycles. The zero-order valence-electron chi connectivity index (χ0n) is 13.3. The van der Waals surface area contributed by atoms with Crippen molar-refractivity contribution in [3.8, 4) is 0 Å². The molecule has 5 heterocycles. The van der Waals surface area contributed by atoms with Crippen molar-refractivity contribution >= 4 is 16.9 Å². The number of carbonyl (C=O) groups is 1. The first kappa shape index (κ1) is 14.5. The van der Waals surface area contributed by atoms with Gasteiger partial charge in [0.15, 0.2) is 0 Å². The molecule has 0 spiro atoms. The quantitative estimate of drug-likeness (QED) is 0.737. The Morgan fingerprint density at radius 1 is 1.25 bits per heavy atom. The lowest BCUT2D eigenvalue weighted by Gasteiger charge is -2.43. The summed E-state index contributed by atoms with van der Waals surface area (Å²) in [5, 5.41) is 15.8. The van der Waals surface area contributed by atoms with Crippen molar-refractivity contribution in [2.24, 2.45) is 11.8 Å². The number of H-pyrrole nitrogens is 1. The molecule has 7 rings (SSSR count). The Kier molecular flexibility index (Phi) is 3.20. The van der Waals surface area contributed by atoms with Crippen molar-refractivity contribution in [2.45, 2.75) is 37.6 Å². The summed E-state index contributed by atoms with van der Waals surface area (Å²) in [5.74, 6) is 0.584. The van der Waals surface area contributed by atoms with Gasteiger partial charge in [0.1, 0.15) is 6.10 Å². The van der Waals surface area contributed by atoms with Gasteiger partial charge in [0.2, 0.25) is 0 Å². The molecule has 1 aliphatic carbocycles. The van der Waals surface area contributed by atoms with Gasteiger partial charge in [0.05, 0.1) is 11.7 Å². The van der Waals surface area contributed by atoms with Crippen molar-refractivity contribution in [1.82, 2.24) is 15.4 Å². The molecule has 6 nitrogen and oxygen atoms in total. The molecule has 1 aromatic heterocycles. The molecular formula is C18H21N3O3. The van der Waals surface area contributed by atoms with Crippen LogP contribution < -0.4 is 5.32 Å². The first-order chi connectivity index (χ1) is 11.7. The average molecular weight is 327 g/mol. The third-order valence-electron chi connectivity index (χ3n) is 5.90. The second-order valence-corrected chi connectivity index (χ2v) is 7.36. The maximum Gasteiger partial charge on any atom is 0.340 e. The minimum absolute atomic E-state index is 0.00413. The highest BCUT2D eigenvalue weighted by Crippen LogP contribution is 2.41. The summed E-state index contributed by atoms with van der Waals surface area (Å²) >= 11 is 0. The number of hydrogen-bond donors (Lipinski definition) is 3. The molecule has 5 atom stereocenters. The van der Waals surface area contributed by atoms with E-state index in [1.165, 1.54) is 5.06 Å². The third-order valence-corrected chi connectivity index (χ3v) is 5.90.